The van der Waals surface area contributed by atoms with Gasteiger partial charge in [0.05, 0.1) is 35.7 Å². The first kappa shape index (κ1) is 22.0. The average Bonchev–Trinajstić information content (AvgIpc) is 2.75. The number of fused-ring (bicyclic) bond motifs is 1. The van der Waals surface area contributed by atoms with Crippen molar-refractivity contribution in [1.82, 2.24) is 9.29 Å². The second-order valence-corrected chi connectivity index (χ2v) is 10.1. The highest BCUT2D eigenvalue weighted by Gasteiger charge is 2.30. The molecule has 0 radical (unpaired) electrons. The maximum absolute atomic E-state index is 13.4. The van der Waals surface area contributed by atoms with Gasteiger partial charge in [0.15, 0.2) is 0 Å². The van der Waals surface area contributed by atoms with Crippen molar-refractivity contribution < 1.29 is 23.1 Å². The molecule has 2 heterocycles. The highest BCUT2D eigenvalue weighted by molar-refractivity contribution is 9.10. The molecule has 1 aliphatic heterocycles. The number of hydrogen-bond acceptors (Lipinski definition) is 6. The van der Waals surface area contributed by atoms with Gasteiger partial charge in [-0.15, -0.1) is 0 Å². The summed E-state index contributed by atoms with van der Waals surface area (Å²) >= 11 is 9.44. The van der Waals surface area contributed by atoms with Crippen molar-refractivity contribution in [3.05, 3.63) is 57.7 Å². The van der Waals surface area contributed by atoms with Crippen LogP contribution in [0.25, 0.3) is 10.9 Å². The van der Waals surface area contributed by atoms with Crippen LogP contribution in [0.15, 0.2) is 52.0 Å². The van der Waals surface area contributed by atoms with Gasteiger partial charge in [0, 0.05) is 34.2 Å². The lowest BCUT2D eigenvalue weighted by atomic mass is 10.1. The van der Waals surface area contributed by atoms with Crippen LogP contribution in [0.5, 0.6) is 0 Å². The number of carboxylic acids is 1. The Bertz CT molecular complexity index is 1280. The Morgan fingerprint density at radius 2 is 1.94 bits per heavy atom. The summed E-state index contributed by atoms with van der Waals surface area (Å²) in [4.78, 5) is 16.0. The number of morpholine rings is 1. The number of halogens is 2. The molecule has 4 rings (SSSR count). The third-order valence-electron chi connectivity index (χ3n) is 4.85. The van der Waals surface area contributed by atoms with E-state index in [1.165, 1.54) is 16.6 Å². The largest absolute Gasteiger partial charge is 0.478 e. The van der Waals surface area contributed by atoms with Gasteiger partial charge < -0.3 is 15.2 Å². The Morgan fingerprint density at radius 1 is 1.19 bits per heavy atom. The number of anilines is 2. The number of aromatic carboxylic acids is 1. The van der Waals surface area contributed by atoms with E-state index in [-0.39, 0.29) is 34.9 Å². The van der Waals surface area contributed by atoms with Gasteiger partial charge >= 0.3 is 5.97 Å². The first-order chi connectivity index (χ1) is 14.8. The Labute approximate surface area is 192 Å². The van der Waals surface area contributed by atoms with E-state index in [4.69, 9.17) is 16.3 Å². The number of pyridine rings is 1. The SMILES string of the molecule is O=C(O)c1cc(Br)ccc1Nc1c(S(=O)(=O)N2CCOCC2)cnc2ccc(Cl)cc12. The minimum Gasteiger partial charge on any atom is -0.478 e. The number of carboxylic acid groups (broad SMARTS) is 1. The van der Waals surface area contributed by atoms with Crippen LogP contribution in [-0.2, 0) is 14.8 Å². The monoisotopic (exact) mass is 525 g/mol. The standard InChI is InChI=1S/C20H17BrClN3O5S/c21-12-1-3-17(15(9-12)20(26)27)24-19-14-10-13(22)2-4-16(14)23-11-18(19)31(28,29)25-5-7-30-8-6-25/h1-4,9-11H,5-8H2,(H,23,24)(H,26,27). The number of carbonyl (C=O) groups is 1. The zero-order chi connectivity index (χ0) is 22.2. The summed E-state index contributed by atoms with van der Waals surface area (Å²) in [6, 6.07) is 9.60. The molecule has 8 nitrogen and oxygen atoms in total. The first-order valence-electron chi connectivity index (χ1n) is 9.23. The van der Waals surface area contributed by atoms with Gasteiger partial charge in [0.2, 0.25) is 10.0 Å². The van der Waals surface area contributed by atoms with E-state index in [1.807, 2.05) is 0 Å². The summed E-state index contributed by atoms with van der Waals surface area (Å²) in [5, 5.41) is 13.5. The predicted octanol–water partition coefficient (Wildman–Crippen LogP) is 4.11. The summed E-state index contributed by atoms with van der Waals surface area (Å²) in [5.74, 6) is -1.15. The maximum atomic E-state index is 13.4. The number of benzene rings is 2. The van der Waals surface area contributed by atoms with Gasteiger partial charge in [0.1, 0.15) is 4.90 Å². The van der Waals surface area contributed by atoms with Crippen molar-refractivity contribution in [2.45, 2.75) is 4.90 Å². The number of ether oxygens (including phenoxy) is 1. The Morgan fingerprint density at radius 3 is 2.65 bits per heavy atom. The molecule has 0 spiro atoms. The third kappa shape index (κ3) is 4.39. The summed E-state index contributed by atoms with van der Waals surface area (Å²) < 4.78 is 34.0. The molecule has 162 valence electrons. The van der Waals surface area contributed by atoms with Crippen LogP contribution in [0.4, 0.5) is 11.4 Å². The van der Waals surface area contributed by atoms with E-state index >= 15 is 0 Å². The minimum atomic E-state index is -3.93. The van der Waals surface area contributed by atoms with Gasteiger partial charge in [-0.3, -0.25) is 4.98 Å². The van der Waals surface area contributed by atoms with Crippen LogP contribution in [0.2, 0.25) is 5.02 Å². The fourth-order valence-corrected chi connectivity index (χ4v) is 5.38. The lowest BCUT2D eigenvalue weighted by Crippen LogP contribution is -2.40. The topological polar surface area (TPSA) is 109 Å². The molecule has 1 fully saturated rings. The second kappa shape index (κ2) is 8.71. The van der Waals surface area contributed by atoms with Crippen molar-refractivity contribution in [1.29, 1.82) is 0 Å². The Balaban J connectivity index is 1.93. The van der Waals surface area contributed by atoms with E-state index < -0.39 is 16.0 Å². The lowest BCUT2D eigenvalue weighted by Gasteiger charge is -2.27. The fourth-order valence-electron chi connectivity index (χ4n) is 3.33. The molecule has 0 unspecified atom stereocenters. The van der Waals surface area contributed by atoms with Crippen LogP contribution >= 0.6 is 27.5 Å². The number of aromatic nitrogens is 1. The molecular formula is C20H17BrClN3O5S. The van der Waals surface area contributed by atoms with E-state index in [0.717, 1.165) is 0 Å². The maximum Gasteiger partial charge on any atom is 0.337 e. The molecule has 0 amide bonds. The Kier molecular flexibility index (Phi) is 6.18. The molecule has 31 heavy (non-hydrogen) atoms. The van der Waals surface area contributed by atoms with Gasteiger partial charge in [0.25, 0.3) is 0 Å². The average molecular weight is 527 g/mol. The molecule has 0 bridgehead atoms. The molecular weight excluding hydrogens is 510 g/mol. The quantitative estimate of drug-likeness (QED) is 0.515. The zero-order valence-electron chi connectivity index (χ0n) is 16.0. The van der Waals surface area contributed by atoms with Gasteiger partial charge in [-0.1, -0.05) is 27.5 Å². The smallest absolute Gasteiger partial charge is 0.337 e. The van der Waals surface area contributed by atoms with Crippen molar-refractivity contribution in [3.8, 4) is 0 Å². The molecule has 0 atom stereocenters. The van der Waals surface area contributed by atoms with Crippen LogP contribution in [0.3, 0.4) is 0 Å². The molecule has 1 aromatic heterocycles. The molecule has 0 saturated carbocycles. The number of hydrogen-bond donors (Lipinski definition) is 2. The minimum absolute atomic E-state index is 0.0175. The normalized spacial score (nSPS) is 15.2. The highest BCUT2D eigenvalue weighted by atomic mass is 79.9. The molecule has 0 aliphatic carbocycles. The van der Waals surface area contributed by atoms with E-state index in [9.17, 15) is 18.3 Å². The van der Waals surface area contributed by atoms with Crippen LogP contribution in [0.1, 0.15) is 10.4 Å². The lowest BCUT2D eigenvalue weighted by molar-refractivity contribution is 0.0698. The van der Waals surface area contributed by atoms with Crippen molar-refractivity contribution in [3.63, 3.8) is 0 Å². The first-order valence-corrected chi connectivity index (χ1v) is 11.8. The third-order valence-corrected chi connectivity index (χ3v) is 7.49. The van der Waals surface area contributed by atoms with Crippen molar-refractivity contribution >= 4 is 65.8 Å². The molecule has 2 aromatic carbocycles. The van der Waals surface area contributed by atoms with E-state index in [2.05, 4.69) is 26.2 Å². The molecule has 11 heteroatoms. The van der Waals surface area contributed by atoms with E-state index in [0.29, 0.717) is 33.6 Å². The molecule has 2 N–H and O–H groups in total. The number of rotatable bonds is 5. The van der Waals surface area contributed by atoms with Gasteiger partial charge in [-0.25, -0.2) is 13.2 Å². The second-order valence-electron chi connectivity index (χ2n) is 6.80. The molecule has 3 aromatic rings. The summed E-state index contributed by atoms with van der Waals surface area (Å²) in [6.07, 6.45) is 1.28. The fraction of sp³-hybridized carbons (Fsp3) is 0.200. The van der Waals surface area contributed by atoms with Crippen LogP contribution in [0, 0.1) is 0 Å². The number of sulfonamides is 1. The van der Waals surface area contributed by atoms with Gasteiger partial charge in [-0.2, -0.15) is 4.31 Å². The van der Waals surface area contributed by atoms with Crippen LogP contribution < -0.4 is 5.32 Å². The Hall–Kier alpha value is -2.24. The number of nitrogens with zero attached hydrogens (tertiary/aromatic N) is 2. The number of nitrogens with one attached hydrogen (secondary N) is 1. The van der Waals surface area contributed by atoms with Crippen LogP contribution in [-0.4, -0.2) is 55.1 Å². The summed E-state index contributed by atoms with van der Waals surface area (Å²) in [6.45, 7) is 1.03. The predicted molar refractivity (Wildman–Crippen MR) is 121 cm³/mol. The van der Waals surface area contributed by atoms with E-state index in [1.54, 1.807) is 30.3 Å². The zero-order valence-corrected chi connectivity index (χ0v) is 19.2. The molecule has 1 saturated heterocycles. The summed E-state index contributed by atoms with van der Waals surface area (Å²) in [5.41, 5.74) is 0.948. The van der Waals surface area contributed by atoms with Crippen molar-refractivity contribution in [2.24, 2.45) is 0 Å². The summed E-state index contributed by atoms with van der Waals surface area (Å²) in [7, 11) is -3.93. The molecule has 1 aliphatic rings. The van der Waals surface area contributed by atoms with Crippen molar-refractivity contribution in [2.75, 3.05) is 31.6 Å². The highest BCUT2D eigenvalue weighted by Crippen LogP contribution is 2.36. The van der Waals surface area contributed by atoms with Gasteiger partial charge in [-0.05, 0) is 36.4 Å².